The number of hydrazine groups is 1. The molecule has 0 radical (unpaired) electrons. The van der Waals surface area contributed by atoms with Crippen molar-refractivity contribution in [3.8, 4) is 5.75 Å². The second kappa shape index (κ2) is 10.9. The van der Waals surface area contributed by atoms with E-state index in [1.54, 1.807) is 6.07 Å². The molecule has 34 heavy (non-hydrogen) atoms. The number of piperidine rings is 1. The van der Waals surface area contributed by atoms with Crippen molar-refractivity contribution in [3.63, 3.8) is 0 Å². The first kappa shape index (κ1) is 23.4. The fourth-order valence-corrected chi connectivity index (χ4v) is 3.93. The number of nitrogens with zero attached hydrogens (tertiary/aromatic N) is 6. The van der Waals surface area contributed by atoms with Crippen molar-refractivity contribution in [1.29, 1.82) is 0 Å². The van der Waals surface area contributed by atoms with Gasteiger partial charge in [-0.15, -0.1) is 0 Å². The molecule has 1 saturated heterocycles. The van der Waals surface area contributed by atoms with Crippen LogP contribution in [0.4, 0.5) is 16.0 Å². The molecule has 4 rings (SSSR count). The van der Waals surface area contributed by atoms with Crippen molar-refractivity contribution in [1.82, 2.24) is 15.0 Å². The van der Waals surface area contributed by atoms with Gasteiger partial charge in [0.1, 0.15) is 12.9 Å². The van der Waals surface area contributed by atoms with Crippen LogP contribution in [0, 0.1) is 5.82 Å². The summed E-state index contributed by atoms with van der Waals surface area (Å²) in [5.74, 6) is 11.5. The van der Waals surface area contributed by atoms with Crippen molar-refractivity contribution >= 4 is 18.0 Å². The summed E-state index contributed by atoms with van der Waals surface area (Å²) in [5.41, 5.74) is 3.31. The van der Waals surface area contributed by atoms with E-state index in [9.17, 15) is 4.39 Å². The Balaban J connectivity index is 1.34. The summed E-state index contributed by atoms with van der Waals surface area (Å²) in [6, 6.07) is 10.3. The molecule has 0 bridgehead atoms. The highest BCUT2D eigenvalue weighted by Gasteiger charge is 2.23. The quantitative estimate of drug-likeness (QED) is 0.226. The van der Waals surface area contributed by atoms with Crippen LogP contribution >= 0.6 is 0 Å². The predicted molar refractivity (Wildman–Crippen MR) is 130 cm³/mol. The smallest absolute Gasteiger partial charge is 0.225 e. The first-order valence-electron chi connectivity index (χ1n) is 11.3. The topological polar surface area (TPSA) is 119 Å². The minimum absolute atomic E-state index is 0.122. The Kier molecular flexibility index (Phi) is 7.48. The van der Waals surface area contributed by atoms with Gasteiger partial charge in [-0.05, 0) is 49.1 Å². The summed E-state index contributed by atoms with van der Waals surface area (Å²) in [4.78, 5) is 16.0. The molecule has 2 aromatic heterocycles. The lowest BCUT2D eigenvalue weighted by molar-refractivity contribution is 0.285. The molecule has 1 aliphatic rings. The molecule has 0 amide bonds. The summed E-state index contributed by atoms with van der Waals surface area (Å²) in [7, 11) is 0. The largest absolute Gasteiger partial charge is 0.484 e. The molecule has 0 atom stereocenters. The highest BCUT2D eigenvalue weighted by Crippen LogP contribution is 2.29. The number of hydrogen-bond donors (Lipinski definition) is 2. The number of hydrazone groups is 1. The molecular formula is C24H29FN8O. The van der Waals surface area contributed by atoms with E-state index in [1.807, 2.05) is 30.6 Å². The average Bonchev–Trinajstić information content (AvgIpc) is 2.88. The SMILES string of the molecule is CCc1cnc(N2CCC(c3cccc(COc4ccc(N(N)/C=N\N)cc4F)n3)CC2)nc1. The number of halogens is 1. The van der Waals surface area contributed by atoms with Gasteiger partial charge in [-0.1, -0.05) is 13.0 Å². The Morgan fingerprint density at radius 1 is 1.21 bits per heavy atom. The van der Waals surface area contributed by atoms with Crippen LogP contribution in [0.3, 0.4) is 0 Å². The first-order chi connectivity index (χ1) is 16.6. The minimum Gasteiger partial charge on any atom is -0.484 e. The fourth-order valence-electron chi connectivity index (χ4n) is 3.93. The third kappa shape index (κ3) is 5.57. The number of ether oxygens (including phenoxy) is 1. The average molecular weight is 465 g/mol. The predicted octanol–water partition coefficient (Wildman–Crippen LogP) is 3.12. The van der Waals surface area contributed by atoms with E-state index in [-0.39, 0.29) is 12.4 Å². The number of aryl methyl sites for hydroxylation is 1. The van der Waals surface area contributed by atoms with Crippen LogP contribution in [-0.4, -0.2) is 34.4 Å². The first-order valence-corrected chi connectivity index (χ1v) is 11.3. The van der Waals surface area contributed by atoms with Gasteiger partial charge in [0.2, 0.25) is 5.95 Å². The molecule has 1 aliphatic heterocycles. The van der Waals surface area contributed by atoms with Gasteiger partial charge < -0.3 is 15.5 Å². The second-order valence-corrected chi connectivity index (χ2v) is 8.14. The lowest BCUT2D eigenvalue weighted by Gasteiger charge is -2.31. The Hall–Kier alpha value is -3.79. The van der Waals surface area contributed by atoms with E-state index in [4.69, 9.17) is 21.4 Å². The molecule has 0 unspecified atom stereocenters. The zero-order valence-electron chi connectivity index (χ0n) is 19.1. The Bertz CT molecular complexity index is 1120. The van der Waals surface area contributed by atoms with Gasteiger partial charge in [0.25, 0.3) is 0 Å². The van der Waals surface area contributed by atoms with Crippen molar-refractivity contribution < 1.29 is 9.13 Å². The molecule has 3 heterocycles. The van der Waals surface area contributed by atoms with Crippen molar-refractivity contribution in [2.75, 3.05) is 23.0 Å². The molecule has 4 N–H and O–H groups in total. The van der Waals surface area contributed by atoms with Crippen LogP contribution < -0.4 is 26.3 Å². The molecule has 0 spiro atoms. The number of aromatic nitrogens is 3. The van der Waals surface area contributed by atoms with E-state index in [0.717, 1.165) is 60.3 Å². The number of nitrogens with two attached hydrogens (primary N) is 2. The summed E-state index contributed by atoms with van der Waals surface area (Å²) >= 11 is 0. The van der Waals surface area contributed by atoms with Gasteiger partial charge in [0.05, 0.1) is 11.4 Å². The molecule has 10 heteroatoms. The number of benzene rings is 1. The molecule has 0 aliphatic carbocycles. The summed E-state index contributed by atoms with van der Waals surface area (Å²) in [6.07, 6.45) is 7.85. The fraction of sp³-hybridized carbons (Fsp3) is 0.333. The van der Waals surface area contributed by atoms with Crippen LogP contribution in [0.15, 0.2) is 53.9 Å². The standard InChI is InChI=1S/C24H29FN8O/c1-2-17-13-28-24(29-14-17)32-10-8-18(9-11-32)22-5-3-4-19(31-22)15-34-23-7-6-20(12-21(23)25)33(27)16-30-26/h3-7,12-14,16,18H,2,8-11,15,26-27H2,1H3/b30-16-. The Labute approximate surface area is 198 Å². The lowest BCUT2D eigenvalue weighted by Crippen LogP contribution is -2.34. The lowest BCUT2D eigenvalue weighted by atomic mass is 9.93. The molecule has 178 valence electrons. The Morgan fingerprint density at radius 3 is 2.65 bits per heavy atom. The van der Waals surface area contributed by atoms with E-state index in [2.05, 4.69) is 26.9 Å². The van der Waals surface area contributed by atoms with Crippen molar-refractivity contribution in [3.05, 3.63) is 71.6 Å². The second-order valence-electron chi connectivity index (χ2n) is 8.14. The van der Waals surface area contributed by atoms with Gasteiger partial charge >= 0.3 is 0 Å². The monoisotopic (exact) mass is 464 g/mol. The molecule has 3 aromatic rings. The van der Waals surface area contributed by atoms with Crippen LogP contribution in [0.25, 0.3) is 0 Å². The van der Waals surface area contributed by atoms with E-state index >= 15 is 0 Å². The maximum Gasteiger partial charge on any atom is 0.225 e. The van der Waals surface area contributed by atoms with Crippen LogP contribution in [0.1, 0.15) is 42.6 Å². The molecular weight excluding hydrogens is 435 g/mol. The van der Waals surface area contributed by atoms with E-state index < -0.39 is 5.82 Å². The van der Waals surface area contributed by atoms with E-state index in [1.165, 1.54) is 18.5 Å². The normalized spacial score (nSPS) is 14.5. The maximum atomic E-state index is 14.4. The van der Waals surface area contributed by atoms with Gasteiger partial charge in [0, 0.05) is 43.2 Å². The molecule has 0 saturated carbocycles. The molecule has 9 nitrogen and oxygen atoms in total. The zero-order chi connectivity index (χ0) is 23.9. The summed E-state index contributed by atoms with van der Waals surface area (Å²) in [5, 5.41) is 4.44. The third-order valence-electron chi connectivity index (χ3n) is 5.90. The molecule has 1 fully saturated rings. The van der Waals surface area contributed by atoms with Crippen molar-refractivity contribution in [2.45, 2.75) is 38.7 Å². The molecule has 1 aromatic carbocycles. The number of hydrogen-bond acceptors (Lipinski definition) is 8. The van der Waals surface area contributed by atoms with Crippen LogP contribution in [0.5, 0.6) is 5.75 Å². The zero-order valence-corrected chi connectivity index (χ0v) is 19.1. The number of pyridine rings is 1. The summed E-state index contributed by atoms with van der Waals surface area (Å²) in [6.45, 7) is 4.01. The van der Waals surface area contributed by atoms with Gasteiger partial charge in [-0.3, -0.25) is 9.99 Å². The van der Waals surface area contributed by atoms with Crippen LogP contribution in [0.2, 0.25) is 0 Å². The number of anilines is 2. The van der Waals surface area contributed by atoms with E-state index in [0.29, 0.717) is 11.6 Å². The Morgan fingerprint density at radius 2 is 1.97 bits per heavy atom. The van der Waals surface area contributed by atoms with Crippen molar-refractivity contribution in [2.24, 2.45) is 16.8 Å². The highest BCUT2D eigenvalue weighted by atomic mass is 19.1. The highest BCUT2D eigenvalue weighted by molar-refractivity contribution is 5.77. The van der Waals surface area contributed by atoms with Crippen LogP contribution in [-0.2, 0) is 13.0 Å². The number of rotatable bonds is 8. The summed E-state index contributed by atoms with van der Waals surface area (Å²) < 4.78 is 20.1. The third-order valence-corrected chi connectivity index (χ3v) is 5.90. The maximum absolute atomic E-state index is 14.4. The van der Waals surface area contributed by atoms with Gasteiger partial charge in [-0.25, -0.2) is 20.2 Å². The van der Waals surface area contributed by atoms with Gasteiger partial charge in [0.15, 0.2) is 11.6 Å². The van der Waals surface area contributed by atoms with Gasteiger partial charge in [-0.2, -0.15) is 5.10 Å². The minimum atomic E-state index is -0.531.